The second-order valence-corrected chi connectivity index (χ2v) is 3.20. The van der Waals surface area contributed by atoms with E-state index in [-0.39, 0.29) is 12.4 Å². The summed E-state index contributed by atoms with van der Waals surface area (Å²) in [4.78, 5) is 3.98. The summed E-state index contributed by atoms with van der Waals surface area (Å²) in [5, 5.41) is 3.79. The molecule has 1 aromatic heterocycles. The minimum Gasteiger partial charge on any atom is -0.330 e. The maximum atomic E-state index is 5.65. The highest BCUT2D eigenvalue weighted by Crippen LogP contribution is 2.04. The molecule has 0 aliphatic heterocycles. The number of nitrogens with one attached hydrogen (secondary N) is 1. The van der Waals surface area contributed by atoms with Crippen LogP contribution in [0.3, 0.4) is 0 Å². The first-order valence-corrected chi connectivity index (χ1v) is 4.72. The average Bonchev–Trinajstić information content (AvgIpc) is 2.15. The lowest BCUT2D eigenvalue weighted by Gasteiger charge is -2.02. The summed E-state index contributed by atoms with van der Waals surface area (Å²) in [5.41, 5.74) is 6.50. The minimum atomic E-state index is 0. The van der Waals surface area contributed by atoms with Crippen molar-refractivity contribution in [2.45, 2.75) is 13.0 Å². The van der Waals surface area contributed by atoms with Crippen LogP contribution in [0.15, 0.2) is 18.3 Å². The summed E-state index contributed by atoms with van der Waals surface area (Å²) in [6, 6.07) is 3.76. The fraction of sp³-hybridized carbons (Fsp3) is 0.444. The first-order chi connectivity index (χ1) is 6.33. The van der Waals surface area contributed by atoms with Gasteiger partial charge in [0.15, 0.2) is 0 Å². The Labute approximate surface area is 95.5 Å². The maximum Gasteiger partial charge on any atom is 0.129 e. The molecule has 0 bridgehead atoms. The van der Waals surface area contributed by atoms with Gasteiger partial charge >= 0.3 is 0 Å². The second-order valence-electron chi connectivity index (χ2n) is 2.81. The fourth-order valence-electron chi connectivity index (χ4n) is 0.971. The summed E-state index contributed by atoms with van der Waals surface area (Å²) in [6.07, 6.45) is 2.78. The molecular formula is C9H15Cl2N3. The summed E-state index contributed by atoms with van der Waals surface area (Å²) in [7, 11) is 0. The highest BCUT2D eigenvalue weighted by Gasteiger charge is 1.92. The Morgan fingerprint density at radius 2 is 2.21 bits per heavy atom. The molecule has 0 saturated carbocycles. The molecule has 1 heterocycles. The van der Waals surface area contributed by atoms with Crippen LogP contribution in [0.5, 0.6) is 0 Å². The van der Waals surface area contributed by atoms with E-state index in [9.17, 15) is 0 Å². The van der Waals surface area contributed by atoms with Gasteiger partial charge in [-0.2, -0.15) is 0 Å². The third-order valence-electron chi connectivity index (χ3n) is 1.68. The van der Waals surface area contributed by atoms with Crippen molar-refractivity contribution < 1.29 is 0 Å². The van der Waals surface area contributed by atoms with Crippen LogP contribution >= 0.6 is 24.0 Å². The van der Waals surface area contributed by atoms with Crippen LogP contribution in [0.4, 0.5) is 0 Å². The van der Waals surface area contributed by atoms with Crippen LogP contribution in [-0.4, -0.2) is 18.1 Å². The lowest BCUT2D eigenvalue weighted by molar-refractivity contribution is 0.654. The Morgan fingerprint density at radius 1 is 1.43 bits per heavy atom. The van der Waals surface area contributed by atoms with E-state index in [1.165, 1.54) is 0 Å². The zero-order valence-electron chi connectivity index (χ0n) is 7.87. The van der Waals surface area contributed by atoms with Gasteiger partial charge in [0.25, 0.3) is 0 Å². The Kier molecular flexibility index (Phi) is 7.80. The van der Waals surface area contributed by atoms with Crippen LogP contribution in [0.25, 0.3) is 0 Å². The van der Waals surface area contributed by atoms with E-state index >= 15 is 0 Å². The molecule has 1 aromatic rings. The summed E-state index contributed by atoms with van der Waals surface area (Å²) >= 11 is 5.65. The molecule has 1 rings (SSSR count). The predicted molar refractivity (Wildman–Crippen MR) is 61.9 cm³/mol. The molecule has 0 fully saturated rings. The Bertz CT molecular complexity index is 238. The summed E-state index contributed by atoms with van der Waals surface area (Å²) in [5.74, 6) is 0. The molecule has 0 aromatic carbocycles. The Morgan fingerprint density at radius 3 is 2.79 bits per heavy atom. The largest absolute Gasteiger partial charge is 0.330 e. The molecule has 5 heteroatoms. The smallest absolute Gasteiger partial charge is 0.129 e. The van der Waals surface area contributed by atoms with E-state index in [2.05, 4.69) is 10.3 Å². The van der Waals surface area contributed by atoms with E-state index < -0.39 is 0 Å². The van der Waals surface area contributed by atoms with Gasteiger partial charge in [-0.15, -0.1) is 12.4 Å². The molecule has 0 amide bonds. The summed E-state index contributed by atoms with van der Waals surface area (Å²) < 4.78 is 0. The van der Waals surface area contributed by atoms with Gasteiger partial charge in [0, 0.05) is 12.7 Å². The van der Waals surface area contributed by atoms with Crippen molar-refractivity contribution in [2.24, 2.45) is 5.73 Å². The van der Waals surface area contributed by atoms with Crippen LogP contribution in [0.1, 0.15) is 12.0 Å². The van der Waals surface area contributed by atoms with Crippen molar-refractivity contribution in [3.05, 3.63) is 29.0 Å². The number of rotatable bonds is 5. The number of hydrogen-bond acceptors (Lipinski definition) is 3. The average molecular weight is 236 g/mol. The topological polar surface area (TPSA) is 50.9 Å². The van der Waals surface area contributed by atoms with Crippen LogP contribution in [-0.2, 0) is 6.54 Å². The monoisotopic (exact) mass is 235 g/mol. The molecular weight excluding hydrogens is 221 g/mol. The molecule has 0 aliphatic carbocycles. The van der Waals surface area contributed by atoms with Gasteiger partial charge < -0.3 is 11.1 Å². The number of pyridine rings is 1. The normalized spacial score (nSPS) is 9.57. The van der Waals surface area contributed by atoms with Gasteiger partial charge in [0.2, 0.25) is 0 Å². The van der Waals surface area contributed by atoms with E-state index in [0.717, 1.165) is 31.6 Å². The quantitative estimate of drug-likeness (QED) is 0.603. The van der Waals surface area contributed by atoms with Crippen molar-refractivity contribution in [1.29, 1.82) is 0 Å². The number of nitrogens with two attached hydrogens (primary N) is 1. The van der Waals surface area contributed by atoms with Gasteiger partial charge in [0.05, 0.1) is 0 Å². The second kappa shape index (κ2) is 8.00. The van der Waals surface area contributed by atoms with Crippen LogP contribution in [0, 0.1) is 0 Å². The standard InChI is InChI=1S/C9H14ClN3.ClH/c10-9-3-2-8(7-13-9)6-12-5-1-4-11;/h2-3,7,12H,1,4-6,11H2;1H. The van der Waals surface area contributed by atoms with E-state index in [0.29, 0.717) is 5.15 Å². The van der Waals surface area contributed by atoms with E-state index in [1.54, 1.807) is 12.3 Å². The molecule has 0 spiro atoms. The zero-order valence-corrected chi connectivity index (χ0v) is 9.44. The highest BCUT2D eigenvalue weighted by atomic mass is 35.5. The molecule has 3 N–H and O–H groups in total. The number of halogens is 2. The Balaban J connectivity index is 0.00000169. The van der Waals surface area contributed by atoms with Gasteiger partial charge in [-0.05, 0) is 31.1 Å². The fourth-order valence-corrected chi connectivity index (χ4v) is 1.08. The third-order valence-corrected chi connectivity index (χ3v) is 1.90. The van der Waals surface area contributed by atoms with Crippen molar-refractivity contribution in [3.63, 3.8) is 0 Å². The van der Waals surface area contributed by atoms with Crippen molar-refractivity contribution in [3.8, 4) is 0 Å². The van der Waals surface area contributed by atoms with Gasteiger partial charge in [-0.1, -0.05) is 17.7 Å². The van der Waals surface area contributed by atoms with Gasteiger partial charge in [0.1, 0.15) is 5.15 Å². The van der Waals surface area contributed by atoms with Gasteiger partial charge in [-0.25, -0.2) is 4.98 Å². The van der Waals surface area contributed by atoms with Gasteiger partial charge in [-0.3, -0.25) is 0 Å². The lowest BCUT2D eigenvalue weighted by atomic mass is 10.3. The number of nitrogens with zero attached hydrogens (tertiary/aromatic N) is 1. The number of hydrogen-bond donors (Lipinski definition) is 2. The maximum absolute atomic E-state index is 5.65. The first-order valence-electron chi connectivity index (χ1n) is 4.34. The summed E-state index contributed by atoms with van der Waals surface area (Å²) in [6.45, 7) is 2.50. The van der Waals surface area contributed by atoms with Crippen molar-refractivity contribution in [2.75, 3.05) is 13.1 Å². The van der Waals surface area contributed by atoms with Crippen LogP contribution < -0.4 is 11.1 Å². The lowest BCUT2D eigenvalue weighted by Crippen LogP contribution is -2.17. The first kappa shape index (κ1) is 13.7. The predicted octanol–water partition coefficient (Wildman–Crippen LogP) is 1.60. The SMILES string of the molecule is Cl.NCCCNCc1ccc(Cl)nc1. The van der Waals surface area contributed by atoms with Crippen molar-refractivity contribution >= 4 is 24.0 Å². The Hall–Kier alpha value is -0.350. The van der Waals surface area contributed by atoms with E-state index in [4.69, 9.17) is 17.3 Å². The van der Waals surface area contributed by atoms with Crippen molar-refractivity contribution in [1.82, 2.24) is 10.3 Å². The molecule has 0 atom stereocenters. The molecule has 14 heavy (non-hydrogen) atoms. The van der Waals surface area contributed by atoms with E-state index in [1.807, 2.05) is 6.07 Å². The molecule has 3 nitrogen and oxygen atoms in total. The molecule has 0 saturated heterocycles. The zero-order chi connectivity index (χ0) is 9.52. The molecule has 0 radical (unpaired) electrons. The highest BCUT2D eigenvalue weighted by molar-refractivity contribution is 6.29. The third kappa shape index (κ3) is 5.40. The number of aromatic nitrogens is 1. The molecule has 0 unspecified atom stereocenters. The molecule has 0 aliphatic rings. The minimum absolute atomic E-state index is 0. The molecule has 80 valence electrons. The van der Waals surface area contributed by atoms with Crippen LogP contribution in [0.2, 0.25) is 5.15 Å².